The molecule has 1 rings (SSSR count). The number of rotatable bonds is 7. The minimum atomic E-state index is -0.159. The lowest BCUT2D eigenvalue weighted by atomic mass is 10.1. The van der Waals surface area contributed by atoms with Crippen LogP contribution in [0.5, 0.6) is 0 Å². The maximum atomic E-state index is 12.4. The van der Waals surface area contributed by atoms with Gasteiger partial charge in [-0.25, -0.2) is 4.98 Å². The largest absolute Gasteiger partial charge is 0.396 e. The van der Waals surface area contributed by atoms with E-state index >= 15 is 0 Å². The first-order valence-electron chi connectivity index (χ1n) is 7.11. The highest BCUT2D eigenvalue weighted by Crippen LogP contribution is 2.08. The molecule has 0 aliphatic carbocycles. The van der Waals surface area contributed by atoms with E-state index in [1.54, 1.807) is 30.3 Å². The van der Waals surface area contributed by atoms with E-state index in [4.69, 9.17) is 10.2 Å². The summed E-state index contributed by atoms with van der Waals surface area (Å²) in [5.41, 5.74) is 0.922. The van der Waals surface area contributed by atoms with E-state index in [1.807, 2.05) is 0 Å². The molecule has 0 bridgehead atoms. The van der Waals surface area contributed by atoms with E-state index in [-0.39, 0.29) is 19.1 Å². The Morgan fingerprint density at radius 1 is 1.29 bits per heavy atom. The quantitative estimate of drug-likeness (QED) is 0.581. The molecule has 0 radical (unpaired) electrons. The summed E-state index contributed by atoms with van der Waals surface area (Å²) in [6.07, 6.45) is 4.44. The van der Waals surface area contributed by atoms with Crippen molar-refractivity contribution in [2.24, 2.45) is 0 Å². The Bertz CT molecular complexity index is 506. The second-order valence-electron chi connectivity index (χ2n) is 4.69. The van der Waals surface area contributed by atoms with Gasteiger partial charge in [0, 0.05) is 32.8 Å². The number of carbonyl (C=O) groups excluding carboxylic acids is 1. The topological polar surface area (TPSA) is 73.7 Å². The molecule has 0 aliphatic heterocycles. The third-order valence-corrected chi connectivity index (χ3v) is 2.97. The van der Waals surface area contributed by atoms with E-state index in [0.29, 0.717) is 24.2 Å². The molecular weight excluding hydrogens is 268 g/mol. The Morgan fingerprint density at radius 2 is 2.10 bits per heavy atom. The van der Waals surface area contributed by atoms with Gasteiger partial charge in [-0.2, -0.15) is 0 Å². The minimum absolute atomic E-state index is 0.00129. The molecule has 1 aromatic heterocycles. The van der Waals surface area contributed by atoms with Crippen molar-refractivity contribution in [3.63, 3.8) is 0 Å². The van der Waals surface area contributed by atoms with Crippen molar-refractivity contribution >= 4 is 5.91 Å². The van der Waals surface area contributed by atoms with Gasteiger partial charge in [0.2, 0.25) is 0 Å². The predicted molar refractivity (Wildman–Crippen MR) is 80.7 cm³/mol. The Morgan fingerprint density at radius 3 is 2.81 bits per heavy atom. The van der Waals surface area contributed by atoms with Gasteiger partial charge in [0.1, 0.15) is 5.69 Å². The maximum Gasteiger partial charge on any atom is 0.273 e. The SMILES string of the molecule is CN(CCCCCO)C(=O)c1ncccc1C#CCCO. The van der Waals surface area contributed by atoms with Gasteiger partial charge in [0.05, 0.1) is 12.2 Å². The van der Waals surface area contributed by atoms with Crippen molar-refractivity contribution in [3.8, 4) is 11.8 Å². The third-order valence-electron chi connectivity index (χ3n) is 2.97. The lowest BCUT2D eigenvalue weighted by Crippen LogP contribution is -2.29. The van der Waals surface area contributed by atoms with Crippen molar-refractivity contribution in [2.45, 2.75) is 25.7 Å². The molecule has 114 valence electrons. The normalized spacial score (nSPS) is 9.86. The summed E-state index contributed by atoms with van der Waals surface area (Å²) in [4.78, 5) is 18.1. The number of aliphatic hydroxyl groups is 2. The molecule has 5 heteroatoms. The number of nitrogens with zero attached hydrogens (tertiary/aromatic N) is 2. The summed E-state index contributed by atoms with van der Waals surface area (Å²) in [6.45, 7) is 0.808. The number of hydrogen-bond donors (Lipinski definition) is 2. The van der Waals surface area contributed by atoms with Crippen LogP contribution in [0.4, 0.5) is 0 Å². The summed E-state index contributed by atoms with van der Waals surface area (Å²) in [5.74, 6) is 5.52. The smallest absolute Gasteiger partial charge is 0.273 e. The summed E-state index contributed by atoms with van der Waals surface area (Å²) in [5, 5.41) is 17.5. The number of aromatic nitrogens is 1. The molecule has 0 unspecified atom stereocenters. The lowest BCUT2D eigenvalue weighted by Gasteiger charge is -2.17. The van der Waals surface area contributed by atoms with Gasteiger partial charge < -0.3 is 15.1 Å². The molecule has 1 aromatic rings. The van der Waals surface area contributed by atoms with Crippen LogP contribution in [0.25, 0.3) is 0 Å². The lowest BCUT2D eigenvalue weighted by molar-refractivity contribution is 0.0786. The van der Waals surface area contributed by atoms with Gasteiger partial charge in [-0.1, -0.05) is 11.8 Å². The molecule has 5 nitrogen and oxygen atoms in total. The molecule has 1 heterocycles. The molecule has 0 saturated carbocycles. The number of pyridine rings is 1. The molecule has 1 amide bonds. The average Bonchev–Trinajstić information content (AvgIpc) is 2.51. The average molecular weight is 290 g/mol. The highest BCUT2D eigenvalue weighted by atomic mass is 16.3. The summed E-state index contributed by atoms with van der Waals surface area (Å²) < 4.78 is 0. The Hall–Kier alpha value is -1.90. The highest BCUT2D eigenvalue weighted by molar-refractivity contribution is 5.94. The monoisotopic (exact) mass is 290 g/mol. The number of amides is 1. The van der Waals surface area contributed by atoms with Crippen LogP contribution in [-0.4, -0.2) is 52.8 Å². The molecule has 0 aliphatic rings. The first-order valence-corrected chi connectivity index (χ1v) is 7.11. The molecule has 0 atom stereocenters. The van der Waals surface area contributed by atoms with Gasteiger partial charge >= 0.3 is 0 Å². The van der Waals surface area contributed by atoms with Crippen molar-refractivity contribution in [3.05, 3.63) is 29.6 Å². The van der Waals surface area contributed by atoms with Crippen molar-refractivity contribution in [2.75, 3.05) is 26.8 Å². The fraction of sp³-hybridized carbons (Fsp3) is 0.500. The molecule has 21 heavy (non-hydrogen) atoms. The summed E-state index contributed by atoms with van der Waals surface area (Å²) >= 11 is 0. The van der Waals surface area contributed by atoms with Crippen molar-refractivity contribution in [1.82, 2.24) is 9.88 Å². The molecular formula is C16H22N2O3. The van der Waals surface area contributed by atoms with Crippen LogP contribution in [0.3, 0.4) is 0 Å². The molecule has 0 spiro atoms. The minimum Gasteiger partial charge on any atom is -0.396 e. The van der Waals surface area contributed by atoms with E-state index in [2.05, 4.69) is 16.8 Å². The van der Waals surface area contributed by atoms with Crippen LogP contribution in [0.2, 0.25) is 0 Å². The van der Waals surface area contributed by atoms with E-state index in [0.717, 1.165) is 19.3 Å². The molecule has 0 fully saturated rings. The van der Waals surface area contributed by atoms with Crippen molar-refractivity contribution < 1.29 is 15.0 Å². The first kappa shape index (κ1) is 17.2. The van der Waals surface area contributed by atoms with Gasteiger partial charge in [0.25, 0.3) is 5.91 Å². The highest BCUT2D eigenvalue weighted by Gasteiger charge is 2.15. The third kappa shape index (κ3) is 5.94. The van der Waals surface area contributed by atoms with Crippen LogP contribution in [0, 0.1) is 11.8 Å². The Balaban J connectivity index is 2.71. The van der Waals surface area contributed by atoms with E-state index in [9.17, 15) is 4.79 Å². The van der Waals surface area contributed by atoms with Crippen LogP contribution in [-0.2, 0) is 0 Å². The molecule has 2 N–H and O–H groups in total. The fourth-order valence-corrected chi connectivity index (χ4v) is 1.81. The standard InChI is InChI=1S/C16H22N2O3/c1-18(11-4-2-5-12-19)16(21)15-14(8-3-6-13-20)9-7-10-17-15/h7,9-10,19-20H,2,4-6,11-13H2,1H3. The second-order valence-corrected chi connectivity index (χ2v) is 4.69. The van der Waals surface area contributed by atoms with Gasteiger partial charge in [-0.15, -0.1) is 0 Å². The van der Waals surface area contributed by atoms with Crippen LogP contribution < -0.4 is 0 Å². The van der Waals surface area contributed by atoms with Crippen LogP contribution in [0.1, 0.15) is 41.7 Å². The van der Waals surface area contributed by atoms with Crippen molar-refractivity contribution in [1.29, 1.82) is 0 Å². The predicted octanol–water partition coefficient (Wildman–Crippen LogP) is 1.05. The number of unbranched alkanes of at least 4 members (excludes halogenated alkanes) is 2. The molecule has 0 saturated heterocycles. The number of hydrogen-bond acceptors (Lipinski definition) is 4. The second kappa shape index (κ2) is 9.92. The maximum absolute atomic E-state index is 12.4. The first-order chi connectivity index (χ1) is 10.2. The van der Waals surface area contributed by atoms with E-state index < -0.39 is 0 Å². The Labute approximate surface area is 125 Å². The van der Waals surface area contributed by atoms with Gasteiger partial charge in [0.15, 0.2) is 0 Å². The van der Waals surface area contributed by atoms with Crippen LogP contribution >= 0.6 is 0 Å². The van der Waals surface area contributed by atoms with Gasteiger partial charge in [-0.05, 0) is 31.4 Å². The molecule has 0 aromatic carbocycles. The number of carbonyl (C=O) groups is 1. The van der Waals surface area contributed by atoms with Gasteiger partial charge in [-0.3, -0.25) is 4.79 Å². The fourth-order valence-electron chi connectivity index (χ4n) is 1.81. The summed E-state index contributed by atoms with van der Waals surface area (Å²) in [6, 6.07) is 3.49. The zero-order valence-electron chi connectivity index (χ0n) is 12.4. The number of aliphatic hydroxyl groups excluding tert-OH is 2. The van der Waals surface area contributed by atoms with E-state index in [1.165, 1.54) is 0 Å². The zero-order valence-corrected chi connectivity index (χ0v) is 12.4. The summed E-state index contributed by atoms with van der Waals surface area (Å²) in [7, 11) is 1.74. The Kier molecular flexibility index (Phi) is 8.10. The zero-order chi connectivity index (χ0) is 15.5. The van der Waals surface area contributed by atoms with Crippen LogP contribution in [0.15, 0.2) is 18.3 Å².